The van der Waals surface area contributed by atoms with Crippen molar-refractivity contribution in [2.75, 3.05) is 11.9 Å². The van der Waals surface area contributed by atoms with Crippen molar-refractivity contribution in [1.29, 1.82) is 0 Å². The van der Waals surface area contributed by atoms with E-state index < -0.39 is 21.6 Å². The minimum atomic E-state index is -3.53. The highest BCUT2D eigenvalue weighted by molar-refractivity contribution is 7.89. The zero-order valence-corrected chi connectivity index (χ0v) is 16.9. The molecule has 1 aliphatic carbocycles. The standard InChI is InChI=1S/C22H22N2O4S/c1-15-6-4-5-13-24(15)29(27,28)17-11-9-16(10-12-17)23-20-14-21(25)22(26)19-8-3-2-7-18(19)20/h2-3,7-12,14-15,23H,4-6,13H2,1H3/t15-/m1/s1. The average molecular weight is 410 g/mol. The maximum absolute atomic E-state index is 13.0. The normalized spacial score (nSPS) is 20.2. The molecule has 0 spiro atoms. The molecule has 6 nitrogen and oxygen atoms in total. The topological polar surface area (TPSA) is 83.6 Å². The van der Waals surface area contributed by atoms with Crippen LogP contribution in [0.5, 0.6) is 0 Å². The molecule has 1 N–H and O–H groups in total. The van der Waals surface area contributed by atoms with Crippen molar-refractivity contribution in [3.63, 3.8) is 0 Å². The number of ketones is 2. The van der Waals surface area contributed by atoms with Gasteiger partial charge in [0.1, 0.15) is 0 Å². The molecule has 2 aromatic rings. The summed E-state index contributed by atoms with van der Waals surface area (Å²) in [6.45, 7) is 2.49. The molecule has 0 bridgehead atoms. The molecule has 1 fully saturated rings. The van der Waals surface area contributed by atoms with Crippen LogP contribution in [0.1, 0.15) is 42.1 Å². The van der Waals surface area contributed by atoms with Gasteiger partial charge in [-0.2, -0.15) is 4.31 Å². The zero-order valence-electron chi connectivity index (χ0n) is 16.1. The highest BCUT2D eigenvalue weighted by Crippen LogP contribution is 2.29. The average Bonchev–Trinajstić information content (AvgIpc) is 2.72. The number of nitrogens with zero attached hydrogens (tertiary/aromatic N) is 1. The van der Waals surface area contributed by atoms with Gasteiger partial charge in [-0.05, 0) is 44.0 Å². The monoisotopic (exact) mass is 410 g/mol. The number of hydrogen-bond acceptors (Lipinski definition) is 5. The van der Waals surface area contributed by atoms with Crippen molar-refractivity contribution in [2.45, 2.75) is 37.1 Å². The lowest BCUT2D eigenvalue weighted by Gasteiger charge is -2.32. The van der Waals surface area contributed by atoms with Gasteiger partial charge in [-0.1, -0.05) is 30.7 Å². The Morgan fingerprint density at radius 2 is 1.66 bits per heavy atom. The number of benzene rings is 2. The van der Waals surface area contributed by atoms with E-state index in [4.69, 9.17) is 0 Å². The molecule has 0 radical (unpaired) electrons. The molecule has 1 aliphatic heterocycles. The van der Waals surface area contributed by atoms with Crippen molar-refractivity contribution in [3.8, 4) is 0 Å². The minimum absolute atomic E-state index is 0.000929. The Morgan fingerprint density at radius 1 is 0.966 bits per heavy atom. The second-order valence-corrected chi connectivity index (χ2v) is 9.30. The molecule has 2 aliphatic rings. The Morgan fingerprint density at radius 3 is 2.34 bits per heavy atom. The third-order valence-corrected chi connectivity index (χ3v) is 7.47. The van der Waals surface area contributed by atoms with E-state index in [-0.39, 0.29) is 10.9 Å². The molecular weight excluding hydrogens is 388 g/mol. The van der Waals surface area contributed by atoms with E-state index in [1.54, 1.807) is 52.8 Å². The van der Waals surface area contributed by atoms with E-state index in [0.29, 0.717) is 29.1 Å². The fourth-order valence-corrected chi connectivity index (χ4v) is 5.56. The predicted molar refractivity (Wildman–Crippen MR) is 111 cm³/mol. The molecule has 1 heterocycles. The summed E-state index contributed by atoms with van der Waals surface area (Å²) in [6.07, 6.45) is 4.08. The minimum Gasteiger partial charge on any atom is -0.355 e. The van der Waals surface area contributed by atoms with Gasteiger partial charge in [0, 0.05) is 35.5 Å². The van der Waals surface area contributed by atoms with Gasteiger partial charge in [0.2, 0.25) is 21.6 Å². The number of Topliss-reactive ketones (excluding diaryl/α,β-unsaturated/α-hetero) is 1. The van der Waals surface area contributed by atoms with Crippen LogP contribution >= 0.6 is 0 Å². The van der Waals surface area contributed by atoms with Gasteiger partial charge < -0.3 is 5.32 Å². The third-order valence-electron chi connectivity index (χ3n) is 5.44. The van der Waals surface area contributed by atoms with E-state index in [1.807, 2.05) is 6.92 Å². The van der Waals surface area contributed by atoms with E-state index in [1.165, 1.54) is 6.08 Å². The molecule has 0 aromatic heterocycles. The fraction of sp³-hybridized carbons (Fsp3) is 0.273. The Labute approximate surface area is 170 Å². The lowest BCUT2D eigenvalue weighted by molar-refractivity contribution is -0.111. The number of nitrogens with one attached hydrogen (secondary N) is 1. The summed E-state index contributed by atoms with van der Waals surface area (Å²) in [6, 6.07) is 13.4. The van der Waals surface area contributed by atoms with Gasteiger partial charge in [-0.3, -0.25) is 9.59 Å². The zero-order chi connectivity index (χ0) is 20.6. The number of allylic oxidation sites excluding steroid dienone is 1. The van der Waals surface area contributed by atoms with E-state index in [2.05, 4.69) is 5.32 Å². The molecule has 1 saturated heterocycles. The number of carbonyl (C=O) groups excluding carboxylic acids is 2. The van der Waals surface area contributed by atoms with Crippen molar-refractivity contribution in [2.24, 2.45) is 0 Å². The highest BCUT2D eigenvalue weighted by Gasteiger charge is 2.31. The first kappa shape index (κ1) is 19.5. The lowest BCUT2D eigenvalue weighted by atomic mass is 9.93. The quantitative estimate of drug-likeness (QED) is 0.781. The number of anilines is 1. The van der Waals surface area contributed by atoms with Crippen LogP contribution in [0.25, 0.3) is 5.70 Å². The van der Waals surface area contributed by atoms with Crippen LogP contribution in [0.2, 0.25) is 0 Å². The first-order chi connectivity index (χ1) is 13.9. The van der Waals surface area contributed by atoms with Crippen LogP contribution in [0.15, 0.2) is 59.5 Å². The lowest BCUT2D eigenvalue weighted by Crippen LogP contribution is -2.41. The summed E-state index contributed by atoms with van der Waals surface area (Å²) in [5.74, 6) is -1.10. The van der Waals surface area contributed by atoms with Crippen LogP contribution in [-0.4, -0.2) is 36.9 Å². The number of piperidine rings is 1. The van der Waals surface area contributed by atoms with Crippen LogP contribution in [-0.2, 0) is 14.8 Å². The summed E-state index contributed by atoms with van der Waals surface area (Å²) in [5, 5.41) is 3.13. The summed E-state index contributed by atoms with van der Waals surface area (Å²) in [4.78, 5) is 24.3. The molecule has 29 heavy (non-hydrogen) atoms. The van der Waals surface area contributed by atoms with Crippen molar-refractivity contribution in [1.82, 2.24) is 4.31 Å². The molecule has 150 valence electrons. The summed E-state index contributed by atoms with van der Waals surface area (Å²) in [7, 11) is -3.53. The first-order valence-electron chi connectivity index (χ1n) is 9.66. The SMILES string of the molecule is C[C@@H]1CCCCN1S(=O)(=O)c1ccc(NC2=CC(=O)C(=O)c3ccccc32)cc1. The molecule has 2 aromatic carbocycles. The van der Waals surface area contributed by atoms with Gasteiger partial charge in [0.15, 0.2) is 0 Å². The van der Waals surface area contributed by atoms with Gasteiger partial charge in [0.25, 0.3) is 0 Å². The molecular formula is C22H22N2O4S. The number of sulfonamides is 1. The Kier molecular flexibility index (Phi) is 5.10. The second-order valence-electron chi connectivity index (χ2n) is 7.41. The van der Waals surface area contributed by atoms with E-state index in [9.17, 15) is 18.0 Å². The van der Waals surface area contributed by atoms with Crippen molar-refractivity contribution in [3.05, 3.63) is 65.7 Å². The summed E-state index contributed by atoms with van der Waals surface area (Å²) < 4.78 is 27.5. The van der Waals surface area contributed by atoms with Gasteiger partial charge in [-0.25, -0.2) is 8.42 Å². The van der Waals surface area contributed by atoms with Gasteiger partial charge >= 0.3 is 0 Å². The Balaban J connectivity index is 1.58. The van der Waals surface area contributed by atoms with Crippen molar-refractivity contribution < 1.29 is 18.0 Å². The van der Waals surface area contributed by atoms with Gasteiger partial charge in [0.05, 0.1) is 10.6 Å². The molecule has 0 unspecified atom stereocenters. The Bertz CT molecular complexity index is 1100. The smallest absolute Gasteiger partial charge is 0.243 e. The molecule has 4 rings (SSSR count). The predicted octanol–water partition coefficient (Wildman–Crippen LogP) is 3.47. The van der Waals surface area contributed by atoms with Crippen LogP contribution in [0.3, 0.4) is 0 Å². The molecule has 0 amide bonds. The van der Waals surface area contributed by atoms with Crippen LogP contribution in [0.4, 0.5) is 5.69 Å². The van der Waals surface area contributed by atoms with Crippen LogP contribution < -0.4 is 5.32 Å². The summed E-state index contributed by atoms with van der Waals surface area (Å²) in [5.41, 5.74) is 2.17. The maximum Gasteiger partial charge on any atom is 0.243 e. The van der Waals surface area contributed by atoms with Crippen molar-refractivity contribution >= 4 is 33.0 Å². The number of fused-ring (bicyclic) bond motifs is 1. The molecule has 0 saturated carbocycles. The largest absolute Gasteiger partial charge is 0.355 e. The number of rotatable bonds is 4. The highest BCUT2D eigenvalue weighted by atomic mass is 32.2. The molecule has 7 heteroatoms. The number of carbonyl (C=O) groups is 2. The molecule has 1 atom stereocenters. The van der Waals surface area contributed by atoms with Crippen LogP contribution in [0, 0.1) is 0 Å². The summed E-state index contributed by atoms with van der Waals surface area (Å²) >= 11 is 0. The fourth-order valence-electron chi connectivity index (χ4n) is 3.86. The van der Waals surface area contributed by atoms with Gasteiger partial charge in [-0.15, -0.1) is 0 Å². The van der Waals surface area contributed by atoms with E-state index >= 15 is 0 Å². The maximum atomic E-state index is 13.0. The third kappa shape index (κ3) is 3.63. The number of hydrogen-bond donors (Lipinski definition) is 1. The first-order valence-corrected chi connectivity index (χ1v) is 11.1. The second kappa shape index (κ2) is 7.57. The van der Waals surface area contributed by atoms with E-state index in [0.717, 1.165) is 19.3 Å². The Hall–Kier alpha value is -2.77.